The summed E-state index contributed by atoms with van der Waals surface area (Å²) >= 11 is 0. The number of rotatable bonds is 5. The quantitative estimate of drug-likeness (QED) is 0.668. The number of halogens is 10. The number of ether oxygens (including phenoxy) is 1. The molecule has 0 unspecified atom stereocenters. The molecule has 0 amide bonds. The van der Waals surface area contributed by atoms with Crippen molar-refractivity contribution in [3.8, 4) is 5.75 Å². The Bertz CT molecular complexity index is 479. The molecule has 0 fully saturated rings. The van der Waals surface area contributed by atoms with Crippen molar-refractivity contribution < 1.29 is 48.6 Å². The average Bonchev–Trinajstić information content (AvgIpc) is 2.37. The van der Waals surface area contributed by atoms with Crippen LogP contribution in [-0.4, -0.2) is 30.8 Å². The van der Waals surface area contributed by atoms with Gasteiger partial charge >= 0.3 is 24.2 Å². The summed E-state index contributed by atoms with van der Waals surface area (Å²) in [7, 11) is 0. The molecule has 0 heterocycles. The molecule has 132 valence electrons. The largest absolute Gasteiger partial charge is 0.493 e. The molecule has 1 aromatic rings. The molecule has 0 bridgehead atoms. The van der Waals surface area contributed by atoms with E-state index in [2.05, 4.69) is 4.74 Å². The maximum atomic E-state index is 13.1. The molecule has 0 saturated carbocycles. The van der Waals surface area contributed by atoms with E-state index < -0.39 is 42.5 Å². The molecule has 11 heteroatoms. The lowest BCUT2D eigenvalue weighted by Crippen LogP contribution is -2.58. The third-order valence-electron chi connectivity index (χ3n) is 2.79. The summed E-state index contributed by atoms with van der Waals surface area (Å²) in [5.74, 6) is -17.6. The van der Waals surface area contributed by atoms with Crippen molar-refractivity contribution in [1.82, 2.24) is 0 Å². The zero-order valence-corrected chi connectivity index (χ0v) is 10.9. The minimum Gasteiger partial charge on any atom is -0.493 e. The number of para-hydroxylation sites is 1. The van der Waals surface area contributed by atoms with Crippen LogP contribution in [0.1, 0.15) is 0 Å². The Labute approximate surface area is 122 Å². The van der Waals surface area contributed by atoms with E-state index in [1.807, 2.05) is 0 Å². The minimum atomic E-state index is -6.60. The van der Waals surface area contributed by atoms with Gasteiger partial charge in [0.25, 0.3) is 0 Å². The maximum Gasteiger partial charge on any atom is 0.453 e. The maximum absolute atomic E-state index is 13.1. The van der Waals surface area contributed by atoms with Crippen molar-refractivity contribution in [1.29, 1.82) is 0 Å². The summed E-state index contributed by atoms with van der Waals surface area (Å²) in [6, 6.07) is 5.80. The van der Waals surface area contributed by atoms with E-state index in [0.29, 0.717) is 0 Å². The van der Waals surface area contributed by atoms with Crippen LogP contribution in [0.25, 0.3) is 0 Å². The molecule has 1 aromatic carbocycles. The van der Waals surface area contributed by atoms with Gasteiger partial charge in [0.1, 0.15) is 18.3 Å². The van der Waals surface area contributed by atoms with Gasteiger partial charge in [0, 0.05) is 0 Å². The van der Waals surface area contributed by atoms with Gasteiger partial charge in [-0.2, -0.15) is 43.9 Å². The number of hydrogen-bond donors (Lipinski definition) is 0. The van der Waals surface area contributed by atoms with Gasteiger partial charge in [-0.3, -0.25) is 0 Å². The lowest BCUT2D eigenvalue weighted by atomic mass is 9.93. The first-order valence-corrected chi connectivity index (χ1v) is 5.78. The fraction of sp³-hybridized carbons (Fsp3) is 0.500. The van der Waals surface area contributed by atoms with Crippen molar-refractivity contribution in [3.63, 3.8) is 0 Å². The zero-order valence-electron chi connectivity index (χ0n) is 10.9. The molecule has 0 N–H and O–H groups in total. The molecule has 1 nitrogen and oxygen atoms in total. The highest BCUT2D eigenvalue weighted by atomic mass is 19.4. The SMILES string of the molecule is FC(F)(F)C(F)(F)C(COc1ccccc1)C(F)(F)C(F)(F)F. The molecule has 0 aliphatic carbocycles. The number of benzene rings is 1. The first-order valence-electron chi connectivity index (χ1n) is 5.78. The standard InChI is InChI=1S/C12H8F10O/c13-9(14,11(17,18)19)8(10(15,16)12(20,21)22)6-23-7-4-2-1-3-5-7/h1-5,8H,6H2. The van der Waals surface area contributed by atoms with Gasteiger partial charge in [-0.1, -0.05) is 18.2 Å². The van der Waals surface area contributed by atoms with E-state index in [1.54, 1.807) is 0 Å². The van der Waals surface area contributed by atoms with E-state index in [9.17, 15) is 43.9 Å². The van der Waals surface area contributed by atoms with Crippen LogP contribution in [0.5, 0.6) is 5.75 Å². The van der Waals surface area contributed by atoms with Crippen molar-refractivity contribution in [3.05, 3.63) is 30.3 Å². The van der Waals surface area contributed by atoms with Crippen LogP contribution < -0.4 is 4.74 Å². The number of hydrogen-bond acceptors (Lipinski definition) is 1. The Morgan fingerprint density at radius 2 is 1.09 bits per heavy atom. The van der Waals surface area contributed by atoms with Gasteiger partial charge < -0.3 is 4.74 Å². The summed E-state index contributed by atoms with van der Waals surface area (Å²) in [6.45, 7) is -2.19. The second-order valence-electron chi connectivity index (χ2n) is 4.42. The second kappa shape index (κ2) is 6.08. The Kier molecular flexibility index (Phi) is 5.12. The van der Waals surface area contributed by atoms with Crippen molar-refractivity contribution in [2.75, 3.05) is 6.61 Å². The Balaban J connectivity index is 3.17. The summed E-state index contributed by atoms with van der Waals surface area (Å²) in [4.78, 5) is 0. The predicted molar refractivity (Wildman–Crippen MR) is 57.4 cm³/mol. The van der Waals surface area contributed by atoms with Crippen molar-refractivity contribution >= 4 is 0 Å². The summed E-state index contributed by atoms with van der Waals surface area (Å²) in [6.07, 6.45) is -13.2. The number of alkyl halides is 10. The molecule has 0 saturated heterocycles. The van der Waals surface area contributed by atoms with Crippen LogP contribution in [0, 0.1) is 5.92 Å². The smallest absolute Gasteiger partial charge is 0.453 e. The van der Waals surface area contributed by atoms with E-state index in [1.165, 1.54) is 18.2 Å². The van der Waals surface area contributed by atoms with E-state index >= 15 is 0 Å². The monoisotopic (exact) mass is 358 g/mol. The van der Waals surface area contributed by atoms with Gasteiger partial charge in [0.15, 0.2) is 0 Å². The van der Waals surface area contributed by atoms with Gasteiger partial charge in [-0.15, -0.1) is 0 Å². The minimum absolute atomic E-state index is 0.437. The topological polar surface area (TPSA) is 9.23 Å². The first-order chi connectivity index (χ1) is 10.2. The highest BCUT2D eigenvalue weighted by Gasteiger charge is 2.76. The lowest BCUT2D eigenvalue weighted by molar-refractivity contribution is -0.375. The first kappa shape index (κ1) is 19.4. The van der Waals surface area contributed by atoms with Crippen LogP contribution >= 0.6 is 0 Å². The van der Waals surface area contributed by atoms with E-state index in [4.69, 9.17) is 0 Å². The van der Waals surface area contributed by atoms with Crippen molar-refractivity contribution in [2.45, 2.75) is 24.2 Å². The molecule has 0 aliphatic heterocycles. The molecular weight excluding hydrogens is 350 g/mol. The van der Waals surface area contributed by atoms with Gasteiger partial charge in [0.05, 0.1) is 0 Å². The van der Waals surface area contributed by atoms with Crippen molar-refractivity contribution in [2.24, 2.45) is 5.92 Å². The zero-order chi connectivity index (χ0) is 18.1. The Morgan fingerprint density at radius 3 is 1.43 bits per heavy atom. The fourth-order valence-electron chi connectivity index (χ4n) is 1.53. The Morgan fingerprint density at radius 1 is 0.696 bits per heavy atom. The molecule has 0 atom stereocenters. The van der Waals surface area contributed by atoms with Gasteiger partial charge in [-0.25, -0.2) is 0 Å². The molecule has 0 spiro atoms. The third-order valence-corrected chi connectivity index (χ3v) is 2.79. The molecule has 0 radical (unpaired) electrons. The highest BCUT2D eigenvalue weighted by Crippen LogP contribution is 2.52. The van der Waals surface area contributed by atoms with Gasteiger partial charge in [-0.05, 0) is 12.1 Å². The second-order valence-corrected chi connectivity index (χ2v) is 4.42. The predicted octanol–water partition coefficient (Wildman–Crippen LogP) is 5.08. The fourth-order valence-corrected chi connectivity index (χ4v) is 1.53. The average molecular weight is 358 g/mol. The van der Waals surface area contributed by atoms with E-state index in [-0.39, 0.29) is 0 Å². The van der Waals surface area contributed by atoms with Crippen LogP contribution in [0.2, 0.25) is 0 Å². The van der Waals surface area contributed by atoms with Crippen LogP contribution in [0.4, 0.5) is 43.9 Å². The van der Waals surface area contributed by atoms with Crippen LogP contribution in [-0.2, 0) is 0 Å². The molecule has 23 heavy (non-hydrogen) atoms. The summed E-state index contributed by atoms with van der Waals surface area (Å²) < 4.78 is 130. The molecule has 1 rings (SSSR count). The highest BCUT2D eigenvalue weighted by molar-refractivity contribution is 5.21. The van der Waals surface area contributed by atoms with Crippen LogP contribution in [0.15, 0.2) is 30.3 Å². The summed E-state index contributed by atoms with van der Waals surface area (Å²) in [5, 5.41) is 0. The molecule has 0 aromatic heterocycles. The summed E-state index contributed by atoms with van der Waals surface area (Å²) in [5.41, 5.74) is 0. The van der Waals surface area contributed by atoms with Crippen LogP contribution in [0.3, 0.4) is 0 Å². The lowest BCUT2D eigenvalue weighted by Gasteiger charge is -2.34. The molecule has 0 aliphatic rings. The Hall–Kier alpha value is -1.68. The van der Waals surface area contributed by atoms with Gasteiger partial charge in [0.2, 0.25) is 0 Å². The van der Waals surface area contributed by atoms with E-state index in [0.717, 1.165) is 12.1 Å². The molecular formula is C12H8F10O. The third kappa shape index (κ3) is 3.99. The normalized spacial score (nSPS) is 14.2.